The number of imide groups is 1. The Labute approximate surface area is 254 Å². The average molecular weight is 603 g/mol. The molecule has 0 radical (unpaired) electrons. The van der Waals surface area contributed by atoms with Crippen molar-refractivity contribution in [3.63, 3.8) is 0 Å². The normalized spacial score (nSPS) is 17.2. The van der Waals surface area contributed by atoms with Crippen molar-refractivity contribution in [1.82, 2.24) is 19.3 Å². The number of halogens is 1. The number of pyridine rings is 2. The van der Waals surface area contributed by atoms with E-state index >= 15 is 0 Å². The van der Waals surface area contributed by atoms with Crippen LogP contribution in [0, 0.1) is 5.82 Å². The standard InChI is InChI=1S/C32H35FN6O5/c1-31(2,3)44-30(41)39-17-22-21(24-16-35-27-14-19(33)10-11-38(24)27)7-8-23(28(22)29(39)40)36-26-9-6-20(15-34-26)37-12-13-43-25(18-37)32(4,5)42/h6-11,14-16,25,42H,12-13,17-18H2,1-5H3,(H,34,36). The summed E-state index contributed by atoms with van der Waals surface area (Å²) in [6.07, 6.45) is 3.86. The van der Waals surface area contributed by atoms with Crippen LogP contribution in [0.2, 0.25) is 0 Å². The van der Waals surface area contributed by atoms with Gasteiger partial charge in [0.2, 0.25) is 0 Å². The molecular formula is C32H35FN6O5. The summed E-state index contributed by atoms with van der Waals surface area (Å²) < 4.78 is 26.9. The Morgan fingerprint density at radius 1 is 1.11 bits per heavy atom. The molecule has 1 fully saturated rings. The average Bonchev–Trinajstić information content (AvgIpc) is 3.53. The van der Waals surface area contributed by atoms with Gasteiger partial charge in [0, 0.05) is 30.9 Å². The first kappa shape index (κ1) is 29.5. The molecule has 6 rings (SSSR count). The maximum atomic E-state index is 13.9. The summed E-state index contributed by atoms with van der Waals surface area (Å²) in [6, 6.07) is 10.0. The van der Waals surface area contributed by atoms with Crippen molar-refractivity contribution >= 4 is 34.8 Å². The van der Waals surface area contributed by atoms with Gasteiger partial charge in [-0.3, -0.25) is 9.20 Å². The van der Waals surface area contributed by atoms with E-state index in [2.05, 4.69) is 20.2 Å². The number of fused-ring (bicyclic) bond motifs is 2. The van der Waals surface area contributed by atoms with E-state index in [1.54, 1.807) is 63.7 Å². The van der Waals surface area contributed by atoms with Crippen LogP contribution in [0.3, 0.4) is 0 Å². The predicted molar refractivity (Wildman–Crippen MR) is 162 cm³/mol. The Morgan fingerprint density at radius 2 is 1.91 bits per heavy atom. The minimum Gasteiger partial charge on any atom is -0.443 e. The maximum Gasteiger partial charge on any atom is 0.417 e. The lowest BCUT2D eigenvalue weighted by molar-refractivity contribution is -0.0928. The third-order valence-electron chi connectivity index (χ3n) is 7.68. The summed E-state index contributed by atoms with van der Waals surface area (Å²) in [4.78, 5) is 39.0. The minimum atomic E-state index is -0.973. The number of amides is 2. The molecule has 5 heterocycles. The second-order valence-corrected chi connectivity index (χ2v) is 12.6. The van der Waals surface area contributed by atoms with Crippen LogP contribution in [-0.2, 0) is 16.0 Å². The molecule has 0 bridgehead atoms. The van der Waals surface area contributed by atoms with Crippen LogP contribution in [-0.4, -0.2) is 73.4 Å². The molecule has 1 aromatic carbocycles. The Morgan fingerprint density at radius 3 is 2.61 bits per heavy atom. The van der Waals surface area contributed by atoms with Crippen LogP contribution < -0.4 is 10.2 Å². The number of carbonyl (C=O) groups is 2. The molecule has 2 N–H and O–H groups in total. The Kier molecular flexibility index (Phi) is 7.29. The van der Waals surface area contributed by atoms with Gasteiger partial charge in [0.1, 0.15) is 29.0 Å². The van der Waals surface area contributed by atoms with E-state index in [0.29, 0.717) is 59.2 Å². The predicted octanol–water partition coefficient (Wildman–Crippen LogP) is 5.15. The van der Waals surface area contributed by atoms with Crippen molar-refractivity contribution in [1.29, 1.82) is 0 Å². The quantitative estimate of drug-likeness (QED) is 0.320. The zero-order valence-corrected chi connectivity index (χ0v) is 25.3. The van der Waals surface area contributed by atoms with E-state index in [1.165, 1.54) is 12.1 Å². The Balaban J connectivity index is 1.33. The molecule has 11 nitrogen and oxygen atoms in total. The second kappa shape index (κ2) is 10.9. The van der Waals surface area contributed by atoms with Gasteiger partial charge in [0.05, 0.1) is 53.8 Å². The Bertz CT molecular complexity index is 1740. The molecule has 0 saturated carbocycles. The van der Waals surface area contributed by atoms with Gasteiger partial charge in [0.15, 0.2) is 0 Å². The number of ether oxygens (including phenoxy) is 2. The van der Waals surface area contributed by atoms with Crippen LogP contribution >= 0.6 is 0 Å². The topological polar surface area (TPSA) is 122 Å². The summed E-state index contributed by atoms with van der Waals surface area (Å²) in [6.45, 7) is 10.4. The fourth-order valence-corrected chi connectivity index (χ4v) is 5.48. The number of hydrogen-bond donors (Lipinski definition) is 2. The number of aromatic nitrogens is 3. The molecule has 44 heavy (non-hydrogen) atoms. The highest BCUT2D eigenvalue weighted by Crippen LogP contribution is 2.39. The summed E-state index contributed by atoms with van der Waals surface area (Å²) in [7, 11) is 0. The summed E-state index contributed by atoms with van der Waals surface area (Å²) in [5.41, 5.74) is 2.28. The molecule has 1 saturated heterocycles. The van der Waals surface area contributed by atoms with Gasteiger partial charge in [-0.2, -0.15) is 0 Å². The van der Waals surface area contributed by atoms with Crippen molar-refractivity contribution in [3.05, 3.63) is 71.9 Å². The second-order valence-electron chi connectivity index (χ2n) is 12.6. The van der Waals surface area contributed by atoms with Crippen molar-refractivity contribution in [2.75, 3.05) is 29.9 Å². The molecule has 2 aliphatic heterocycles. The van der Waals surface area contributed by atoms with Gasteiger partial charge in [-0.1, -0.05) is 6.07 Å². The molecule has 230 valence electrons. The van der Waals surface area contributed by atoms with Gasteiger partial charge in [0.25, 0.3) is 5.91 Å². The number of aliphatic hydroxyl groups is 1. The van der Waals surface area contributed by atoms with Crippen molar-refractivity contribution in [2.45, 2.75) is 58.5 Å². The Hall–Kier alpha value is -4.55. The molecule has 2 aliphatic rings. The molecule has 1 unspecified atom stereocenters. The number of hydrogen-bond acceptors (Lipinski definition) is 9. The van der Waals surface area contributed by atoms with E-state index in [1.807, 2.05) is 18.2 Å². The van der Waals surface area contributed by atoms with Crippen LogP contribution in [0.25, 0.3) is 16.9 Å². The molecule has 2 amide bonds. The summed E-state index contributed by atoms with van der Waals surface area (Å²) in [5, 5.41) is 13.7. The third kappa shape index (κ3) is 5.70. The van der Waals surface area contributed by atoms with Crippen LogP contribution in [0.4, 0.5) is 26.4 Å². The highest BCUT2D eigenvalue weighted by atomic mass is 19.1. The van der Waals surface area contributed by atoms with Crippen LogP contribution in [0.1, 0.15) is 50.5 Å². The first-order chi connectivity index (χ1) is 20.8. The molecule has 0 spiro atoms. The van der Waals surface area contributed by atoms with Crippen LogP contribution in [0.15, 0.2) is 55.0 Å². The molecule has 0 aliphatic carbocycles. The highest BCUT2D eigenvalue weighted by molar-refractivity contribution is 6.11. The zero-order valence-electron chi connectivity index (χ0n) is 25.3. The fourth-order valence-electron chi connectivity index (χ4n) is 5.48. The van der Waals surface area contributed by atoms with Gasteiger partial charge in [-0.15, -0.1) is 0 Å². The van der Waals surface area contributed by atoms with Gasteiger partial charge in [-0.25, -0.2) is 24.1 Å². The van der Waals surface area contributed by atoms with E-state index in [9.17, 15) is 19.1 Å². The lowest BCUT2D eigenvalue weighted by Crippen LogP contribution is -2.52. The molecule has 4 aromatic rings. The number of nitrogens with zero attached hydrogens (tertiary/aromatic N) is 5. The number of imidazole rings is 1. The molecule has 3 aromatic heterocycles. The smallest absolute Gasteiger partial charge is 0.417 e. The number of carbonyl (C=O) groups excluding carboxylic acids is 2. The molecule has 12 heteroatoms. The van der Waals surface area contributed by atoms with Gasteiger partial charge < -0.3 is 24.8 Å². The zero-order chi connectivity index (χ0) is 31.4. The molecule has 1 atom stereocenters. The largest absolute Gasteiger partial charge is 0.443 e. The minimum absolute atomic E-state index is 0.00582. The monoisotopic (exact) mass is 602 g/mol. The van der Waals surface area contributed by atoms with Crippen molar-refractivity contribution in [3.8, 4) is 11.3 Å². The highest BCUT2D eigenvalue weighted by Gasteiger charge is 2.39. The fraction of sp³-hybridized carbons (Fsp3) is 0.375. The maximum absolute atomic E-state index is 13.9. The lowest BCUT2D eigenvalue weighted by Gasteiger charge is -2.39. The number of rotatable bonds is 5. The first-order valence-corrected chi connectivity index (χ1v) is 14.4. The van der Waals surface area contributed by atoms with Gasteiger partial charge in [-0.05, 0) is 64.4 Å². The number of anilines is 3. The summed E-state index contributed by atoms with van der Waals surface area (Å²) >= 11 is 0. The molecular weight excluding hydrogens is 567 g/mol. The SMILES string of the molecule is CC(C)(C)OC(=O)N1Cc2c(-c3cnc4cc(F)ccn34)ccc(Nc3ccc(N4CCOC(C(C)(C)O)C4)cn3)c2C1=O. The lowest BCUT2D eigenvalue weighted by atomic mass is 9.99. The number of nitrogens with one attached hydrogen (secondary N) is 1. The third-order valence-corrected chi connectivity index (χ3v) is 7.68. The first-order valence-electron chi connectivity index (χ1n) is 14.4. The summed E-state index contributed by atoms with van der Waals surface area (Å²) in [5.74, 6) is -0.402. The van der Waals surface area contributed by atoms with Crippen molar-refractivity contribution in [2.24, 2.45) is 0 Å². The van der Waals surface area contributed by atoms with E-state index in [4.69, 9.17) is 9.47 Å². The number of benzene rings is 1. The number of morpholine rings is 1. The van der Waals surface area contributed by atoms with Crippen LogP contribution in [0.5, 0.6) is 0 Å². The van der Waals surface area contributed by atoms with E-state index in [-0.39, 0.29) is 12.6 Å². The van der Waals surface area contributed by atoms with E-state index < -0.39 is 29.0 Å². The van der Waals surface area contributed by atoms with E-state index in [0.717, 1.165) is 10.6 Å². The van der Waals surface area contributed by atoms with Gasteiger partial charge >= 0.3 is 6.09 Å². The van der Waals surface area contributed by atoms with Crippen molar-refractivity contribution < 1.29 is 28.6 Å².